The van der Waals surface area contributed by atoms with E-state index >= 15 is 0 Å². The summed E-state index contributed by atoms with van der Waals surface area (Å²) in [4.78, 5) is 4.49. The van der Waals surface area contributed by atoms with Crippen molar-refractivity contribution in [3.8, 4) is 11.5 Å². The molecule has 2 unspecified atom stereocenters. The van der Waals surface area contributed by atoms with Gasteiger partial charge in [-0.15, -0.1) is 0 Å². The van der Waals surface area contributed by atoms with E-state index in [1.807, 2.05) is 51.1 Å². The normalized spacial score (nSPS) is 14.9. The van der Waals surface area contributed by atoms with Gasteiger partial charge in [-0.25, -0.2) is 4.99 Å². The highest BCUT2D eigenvalue weighted by Crippen LogP contribution is 2.26. The maximum Gasteiger partial charge on any atom is 0.191 e. The summed E-state index contributed by atoms with van der Waals surface area (Å²) in [7, 11) is 1.62. The monoisotopic (exact) mass is 389 g/mol. The number of hydrogen-bond donors (Lipinski definition) is 3. The highest BCUT2D eigenvalue weighted by molar-refractivity contribution is 5.79. The molecule has 3 N–H and O–H groups in total. The highest BCUT2D eigenvalue weighted by atomic mass is 16.5. The molecule has 1 aromatic carbocycles. The second-order valence-electron chi connectivity index (χ2n) is 6.84. The Hall–Kier alpha value is -2.67. The van der Waals surface area contributed by atoms with Crippen LogP contribution in [0, 0.1) is 6.92 Å². The molecule has 2 rings (SSSR count). The molecule has 1 heterocycles. The van der Waals surface area contributed by atoms with E-state index in [0.717, 1.165) is 5.76 Å². The second kappa shape index (κ2) is 10.0. The van der Waals surface area contributed by atoms with Crippen molar-refractivity contribution < 1.29 is 19.0 Å². The fourth-order valence-corrected chi connectivity index (χ4v) is 2.59. The maximum absolute atomic E-state index is 10.7. The average Bonchev–Trinajstić information content (AvgIpc) is 3.12. The molecule has 0 spiro atoms. The molecular formula is C21H31N3O4. The van der Waals surface area contributed by atoms with Gasteiger partial charge in [0.15, 0.2) is 17.5 Å². The lowest BCUT2D eigenvalue weighted by Gasteiger charge is -2.21. The lowest BCUT2D eigenvalue weighted by atomic mass is 10.0. The summed E-state index contributed by atoms with van der Waals surface area (Å²) < 4.78 is 16.8. The third kappa shape index (κ3) is 6.20. The van der Waals surface area contributed by atoms with E-state index in [1.165, 1.54) is 0 Å². The largest absolute Gasteiger partial charge is 0.493 e. The molecule has 7 nitrogen and oxygen atoms in total. The van der Waals surface area contributed by atoms with Crippen molar-refractivity contribution in [2.75, 3.05) is 26.7 Å². The fraction of sp³-hybridized carbons (Fsp3) is 0.476. The number of aliphatic hydroxyl groups is 1. The molecular weight excluding hydrogens is 358 g/mol. The number of nitrogens with one attached hydrogen (secondary N) is 2. The third-order valence-corrected chi connectivity index (χ3v) is 4.11. The van der Waals surface area contributed by atoms with Crippen LogP contribution in [0.2, 0.25) is 0 Å². The van der Waals surface area contributed by atoms with Crippen LogP contribution in [0.3, 0.4) is 0 Å². The molecule has 0 saturated heterocycles. The van der Waals surface area contributed by atoms with Crippen LogP contribution in [-0.2, 0) is 5.60 Å². The Labute approximate surface area is 166 Å². The average molecular weight is 389 g/mol. The Kier molecular flexibility index (Phi) is 7.75. The number of hydrogen-bond acceptors (Lipinski definition) is 5. The van der Waals surface area contributed by atoms with Crippen LogP contribution in [0.25, 0.3) is 0 Å². The lowest BCUT2D eigenvalue weighted by molar-refractivity contribution is 0.0428. The number of rotatable bonds is 9. The van der Waals surface area contributed by atoms with Gasteiger partial charge in [0, 0.05) is 6.54 Å². The van der Waals surface area contributed by atoms with Gasteiger partial charge in [-0.05, 0) is 52.0 Å². The van der Waals surface area contributed by atoms with Crippen LogP contribution in [0.1, 0.15) is 32.3 Å². The van der Waals surface area contributed by atoms with E-state index in [0.29, 0.717) is 36.3 Å². The number of aryl methyl sites for hydroxylation is 1. The van der Waals surface area contributed by atoms with E-state index in [2.05, 4.69) is 15.6 Å². The topological polar surface area (TPSA) is 88.3 Å². The minimum atomic E-state index is -1.18. The first kappa shape index (κ1) is 21.6. The number of para-hydroxylation sites is 2. The molecule has 0 aliphatic heterocycles. The van der Waals surface area contributed by atoms with Gasteiger partial charge < -0.3 is 29.6 Å². The van der Waals surface area contributed by atoms with Crippen LogP contribution >= 0.6 is 0 Å². The molecule has 0 radical (unpaired) electrons. The summed E-state index contributed by atoms with van der Waals surface area (Å²) in [5.74, 6) is 3.24. The van der Waals surface area contributed by atoms with Crippen molar-refractivity contribution in [2.24, 2.45) is 4.99 Å². The Morgan fingerprint density at radius 1 is 1.21 bits per heavy atom. The van der Waals surface area contributed by atoms with Gasteiger partial charge in [0.25, 0.3) is 0 Å². The summed E-state index contributed by atoms with van der Waals surface area (Å²) in [6.07, 6.45) is -0.117. The summed E-state index contributed by atoms with van der Waals surface area (Å²) in [6, 6.07) is 11.1. The first-order valence-electron chi connectivity index (χ1n) is 9.47. The van der Waals surface area contributed by atoms with Gasteiger partial charge in [-0.2, -0.15) is 0 Å². The number of furan rings is 1. The second-order valence-corrected chi connectivity index (χ2v) is 6.84. The SMILES string of the molecule is CCNC(=NCC(C)(O)c1ccc(C)o1)NCC(C)Oc1ccccc1OC. The Morgan fingerprint density at radius 2 is 1.93 bits per heavy atom. The Bertz CT molecular complexity index is 771. The number of benzene rings is 1. The zero-order valence-corrected chi connectivity index (χ0v) is 17.3. The number of ether oxygens (including phenoxy) is 2. The van der Waals surface area contributed by atoms with Crippen molar-refractivity contribution >= 4 is 5.96 Å². The minimum Gasteiger partial charge on any atom is -0.493 e. The van der Waals surface area contributed by atoms with E-state index < -0.39 is 5.60 Å². The molecule has 1 aromatic heterocycles. The summed E-state index contributed by atoms with van der Waals surface area (Å²) in [5.41, 5.74) is -1.18. The van der Waals surface area contributed by atoms with Crippen molar-refractivity contribution in [1.82, 2.24) is 10.6 Å². The number of aliphatic imine (C=N–C) groups is 1. The molecule has 0 saturated carbocycles. The van der Waals surface area contributed by atoms with E-state index in [1.54, 1.807) is 20.1 Å². The molecule has 0 fully saturated rings. The van der Waals surface area contributed by atoms with Crippen molar-refractivity contribution in [2.45, 2.75) is 39.4 Å². The first-order chi connectivity index (χ1) is 13.4. The molecule has 0 bridgehead atoms. The molecule has 154 valence electrons. The summed E-state index contributed by atoms with van der Waals surface area (Å²) >= 11 is 0. The molecule has 2 atom stereocenters. The quantitative estimate of drug-likeness (QED) is 0.451. The number of nitrogens with zero attached hydrogens (tertiary/aromatic N) is 1. The number of guanidine groups is 1. The van der Waals surface area contributed by atoms with Gasteiger partial charge in [0.05, 0.1) is 20.2 Å². The fourth-order valence-electron chi connectivity index (χ4n) is 2.59. The number of methoxy groups -OCH3 is 1. The van der Waals surface area contributed by atoms with Crippen molar-refractivity contribution in [3.63, 3.8) is 0 Å². The molecule has 2 aromatic rings. The van der Waals surface area contributed by atoms with Crippen molar-refractivity contribution in [1.29, 1.82) is 0 Å². The zero-order valence-electron chi connectivity index (χ0n) is 17.3. The molecule has 0 aliphatic carbocycles. The smallest absolute Gasteiger partial charge is 0.191 e. The predicted molar refractivity (Wildman–Crippen MR) is 110 cm³/mol. The van der Waals surface area contributed by atoms with Crippen LogP contribution in [0.15, 0.2) is 45.8 Å². The third-order valence-electron chi connectivity index (χ3n) is 4.11. The van der Waals surface area contributed by atoms with Gasteiger partial charge in [-0.3, -0.25) is 0 Å². The van der Waals surface area contributed by atoms with Gasteiger partial charge in [0.1, 0.15) is 23.2 Å². The standard InChI is InChI=1S/C21H31N3O4/c1-6-22-20(24-14-21(4,25)19-12-11-15(2)28-19)23-13-16(3)27-18-10-8-7-9-17(18)26-5/h7-12,16,25H,6,13-14H2,1-5H3,(H2,22,23,24). The maximum atomic E-state index is 10.7. The molecule has 28 heavy (non-hydrogen) atoms. The van der Waals surface area contributed by atoms with Gasteiger partial charge in [0.2, 0.25) is 0 Å². The van der Waals surface area contributed by atoms with Crippen LogP contribution < -0.4 is 20.1 Å². The zero-order chi connectivity index (χ0) is 20.6. The van der Waals surface area contributed by atoms with Crippen LogP contribution in [-0.4, -0.2) is 43.9 Å². The predicted octanol–water partition coefficient (Wildman–Crippen LogP) is 2.83. The van der Waals surface area contributed by atoms with E-state index in [9.17, 15) is 5.11 Å². The van der Waals surface area contributed by atoms with Crippen LogP contribution in [0.4, 0.5) is 0 Å². The Balaban J connectivity index is 1.95. The molecule has 0 aliphatic rings. The summed E-state index contributed by atoms with van der Waals surface area (Å²) in [6.45, 7) is 8.88. The molecule has 7 heteroatoms. The van der Waals surface area contributed by atoms with Gasteiger partial charge in [-0.1, -0.05) is 12.1 Å². The minimum absolute atomic E-state index is 0.117. The van der Waals surface area contributed by atoms with Gasteiger partial charge >= 0.3 is 0 Å². The summed E-state index contributed by atoms with van der Waals surface area (Å²) in [5, 5.41) is 17.1. The highest BCUT2D eigenvalue weighted by Gasteiger charge is 2.26. The Morgan fingerprint density at radius 3 is 2.54 bits per heavy atom. The molecule has 0 amide bonds. The van der Waals surface area contributed by atoms with Crippen molar-refractivity contribution in [3.05, 3.63) is 47.9 Å². The first-order valence-corrected chi connectivity index (χ1v) is 9.47. The van der Waals surface area contributed by atoms with Crippen LogP contribution in [0.5, 0.6) is 11.5 Å². The van der Waals surface area contributed by atoms with E-state index in [4.69, 9.17) is 13.9 Å². The lowest BCUT2D eigenvalue weighted by Crippen LogP contribution is -2.42. The van der Waals surface area contributed by atoms with E-state index in [-0.39, 0.29) is 12.6 Å².